The topological polar surface area (TPSA) is 72.2 Å². The van der Waals surface area contributed by atoms with Gasteiger partial charge in [0.15, 0.2) is 0 Å². The van der Waals surface area contributed by atoms with E-state index in [-0.39, 0.29) is 18.0 Å². The highest BCUT2D eigenvalue weighted by molar-refractivity contribution is 7.85. The summed E-state index contributed by atoms with van der Waals surface area (Å²) in [5, 5.41) is 2.99. The normalized spacial score (nSPS) is 24.7. The average molecular weight is 280 g/mol. The number of hydrogen-bond acceptors (Lipinski definition) is 3. The van der Waals surface area contributed by atoms with Crippen molar-refractivity contribution in [2.24, 2.45) is 5.73 Å². The Kier molecular flexibility index (Phi) is 5.10. The summed E-state index contributed by atoms with van der Waals surface area (Å²) in [4.78, 5) is 11.9. The molecule has 1 heterocycles. The van der Waals surface area contributed by atoms with E-state index in [9.17, 15) is 9.00 Å². The zero-order valence-electron chi connectivity index (χ0n) is 10.9. The van der Waals surface area contributed by atoms with Gasteiger partial charge in [-0.3, -0.25) is 9.00 Å². The van der Waals surface area contributed by atoms with Gasteiger partial charge in [-0.1, -0.05) is 30.3 Å². The number of carbonyl (C=O) groups excluding carboxylic acids is 1. The molecule has 0 saturated carbocycles. The van der Waals surface area contributed by atoms with Gasteiger partial charge in [-0.15, -0.1) is 0 Å². The highest BCUT2D eigenvalue weighted by Crippen LogP contribution is 2.14. The first-order valence-electron chi connectivity index (χ1n) is 6.60. The van der Waals surface area contributed by atoms with Crippen LogP contribution in [-0.4, -0.2) is 27.7 Å². The predicted octanol–water partition coefficient (Wildman–Crippen LogP) is 1.10. The number of nitrogens with one attached hydrogen (secondary N) is 1. The minimum Gasteiger partial charge on any atom is -0.353 e. The van der Waals surface area contributed by atoms with Crippen LogP contribution in [0.1, 0.15) is 30.9 Å². The molecule has 1 unspecified atom stereocenters. The zero-order valence-corrected chi connectivity index (χ0v) is 11.7. The molecule has 1 aliphatic rings. The third kappa shape index (κ3) is 4.44. The maximum atomic E-state index is 11.9. The van der Waals surface area contributed by atoms with Gasteiger partial charge in [0.1, 0.15) is 0 Å². The molecule has 1 aromatic rings. The van der Waals surface area contributed by atoms with Crippen molar-refractivity contribution in [2.75, 3.05) is 11.5 Å². The molecule has 0 aromatic heterocycles. The summed E-state index contributed by atoms with van der Waals surface area (Å²) in [5.41, 5.74) is 6.99. The fraction of sp³-hybridized carbons (Fsp3) is 0.500. The summed E-state index contributed by atoms with van der Waals surface area (Å²) < 4.78 is 11.2. The quantitative estimate of drug-likeness (QED) is 0.867. The van der Waals surface area contributed by atoms with Crippen LogP contribution >= 0.6 is 0 Å². The van der Waals surface area contributed by atoms with Gasteiger partial charge in [0.25, 0.3) is 0 Å². The van der Waals surface area contributed by atoms with E-state index in [4.69, 9.17) is 5.73 Å². The predicted molar refractivity (Wildman–Crippen MR) is 77.0 cm³/mol. The van der Waals surface area contributed by atoms with Gasteiger partial charge in [0.05, 0.1) is 0 Å². The molecule has 1 aromatic carbocycles. The van der Waals surface area contributed by atoms with Crippen molar-refractivity contribution < 1.29 is 9.00 Å². The van der Waals surface area contributed by atoms with Crippen molar-refractivity contribution in [1.82, 2.24) is 5.32 Å². The van der Waals surface area contributed by atoms with E-state index in [1.165, 1.54) is 0 Å². The lowest BCUT2D eigenvalue weighted by Crippen LogP contribution is -2.40. The largest absolute Gasteiger partial charge is 0.353 e. The summed E-state index contributed by atoms with van der Waals surface area (Å²) >= 11 is 0. The SMILES string of the molecule is NC(CC(=O)NC1CCS(=O)CC1)c1ccccc1. The minimum atomic E-state index is -0.692. The van der Waals surface area contributed by atoms with Gasteiger partial charge in [-0.05, 0) is 18.4 Å². The molecule has 3 N–H and O–H groups in total. The second kappa shape index (κ2) is 6.82. The molecule has 1 amide bonds. The number of amides is 1. The molecule has 1 fully saturated rings. The molecule has 4 nitrogen and oxygen atoms in total. The van der Waals surface area contributed by atoms with E-state index < -0.39 is 10.8 Å². The maximum absolute atomic E-state index is 11.9. The monoisotopic (exact) mass is 280 g/mol. The van der Waals surface area contributed by atoms with Crippen LogP contribution < -0.4 is 11.1 Å². The molecule has 5 heteroatoms. The van der Waals surface area contributed by atoms with Crippen LogP contribution in [0.3, 0.4) is 0 Å². The average Bonchev–Trinajstić information content (AvgIpc) is 2.42. The van der Waals surface area contributed by atoms with E-state index in [1.54, 1.807) is 0 Å². The first kappa shape index (κ1) is 14.2. The molecule has 1 saturated heterocycles. The summed E-state index contributed by atoms with van der Waals surface area (Å²) in [6.07, 6.45) is 1.90. The van der Waals surface area contributed by atoms with Crippen molar-refractivity contribution in [3.63, 3.8) is 0 Å². The third-order valence-electron chi connectivity index (χ3n) is 3.39. The summed E-state index contributed by atoms with van der Waals surface area (Å²) in [6, 6.07) is 9.53. The summed E-state index contributed by atoms with van der Waals surface area (Å²) in [7, 11) is -0.692. The smallest absolute Gasteiger partial charge is 0.222 e. The van der Waals surface area contributed by atoms with Crippen LogP contribution in [0.25, 0.3) is 0 Å². The molecule has 0 bridgehead atoms. The Morgan fingerprint density at radius 2 is 1.95 bits per heavy atom. The lowest BCUT2D eigenvalue weighted by Gasteiger charge is -2.23. The molecule has 1 aliphatic heterocycles. The Morgan fingerprint density at radius 3 is 2.58 bits per heavy atom. The lowest BCUT2D eigenvalue weighted by atomic mass is 10.0. The lowest BCUT2D eigenvalue weighted by molar-refractivity contribution is -0.122. The molecule has 0 radical (unpaired) electrons. The van der Waals surface area contributed by atoms with Crippen molar-refractivity contribution in [3.8, 4) is 0 Å². The maximum Gasteiger partial charge on any atom is 0.222 e. The van der Waals surface area contributed by atoms with Gasteiger partial charge in [-0.25, -0.2) is 0 Å². The van der Waals surface area contributed by atoms with Gasteiger partial charge < -0.3 is 11.1 Å². The van der Waals surface area contributed by atoms with E-state index in [2.05, 4.69) is 5.32 Å². The van der Waals surface area contributed by atoms with Gasteiger partial charge in [0.2, 0.25) is 5.91 Å². The molecular formula is C14H20N2O2S. The first-order valence-corrected chi connectivity index (χ1v) is 8.09. The van der Waals surface area contributed by atoms with Gasteiger partial charge >= 0.3 is 0 Å². The summed E-state index contributed by atoms with van der Waals surface area (Å²) in [5.74, 6) is 1.36. The van der Waals surface area contributed by atoms with E-state index in [0.29, 0.717) is 17.9 Å². The zero-order chi connectivity index (χ0) is 13.7. The number of hydrogen-bond donors (Lipinski definition) is 2. The molecule has 0 aliphatic carbocycles. The van der Waals surface area contributed by atoms with E-state index >= 15 is 0 Å². The minimum absolute atomic E-state index is 0.0194. The second-order valence-electron chi connectivity index (χ2n) is 4.91. The molecule has 2 rings (SSSR count). The van der Waals surface area contributed by atoms with Crippen molar-refractivity contribution in [1.29, 1.82) is 0 Å². The van der Waals surface area contributed by atoms with Crippen molar-refractivity contribution in [3.05, 3.63) is 35.9 Å². The van der Waals surface area contributed by atoms with Crippen LogP contribution in [-0.2, 0) is 15.6 Å². The van der Waals surface area contributed by atoms with Crippen LogP contribution in [0.15, 0.2) is 30.3 Å². The first-order chi connectivity index (χ1) is 9.15. The van der Waals surface area contributed by atoms with E-state index in [1.807, 2.05) is 30.3 Å². The Morgan fingerprint density at radius 1 is 1.32 bits per heavy atom. The van der Waals surface area contributed by atoms with Crippen LogP contribution in [0.2, 0.25) is 0 Å². The highest BCUT2D eigenvalue weighted by Gasteiger charge is 2.20. The number of carbonyl (C=O) groups is 1. The number of benzene rings is 1. The highest BCUT2D eigenvalue weighted by atomic mass is 32.2. The Balaban J connectivity index is 1.79. The Bertz CT molecular complexity index is 440. The van der Waals surface area contributed by atoms with Crippen LogP contribution in [0.4, 0.5) is 0 Å². The van der Waals surface area contributed by atoms with Crippen molar-refractivity contribution in [2.45, 2.75) is 31.3 Å². The molecular weight excluding hydrogens is 260 g/mol. The van der Waals surface area contributed by atoms with Gasteiger partial charge in [0, 0.05) is 40.8 Å². The van der Waals surface area contributed by atoms with Gasteiger partial charge in [-0.2, -0.15) is 0 Å². The summed E-state index contributed by atoms with van der Waals surface area (Å²) in [6.45, 7) is 0. The molecule has 1 atom stereocenters. The fourth-order valence-electron chi connectivity index (χ4n) is 2.24. The second-order valence-corrected chi connectivity index (χ2v) is 6.61. The van der Waals surface area contributed by atoms with Crippen LogP contribution in [0, 0.1) is 0 Å². The Labute approximate surface area is 116 Å². The van der Waals surface area contributed by atoms with Crippen molar-refractivity contribution >= 4 is 16.7 Å². The molecule has 104 valence electrons. The van der Waals surface area contributed by atoms with Crippen LogP contribution in [0.5, 0.6) is 0 Å². The molecule has 0 spiro atoms. The number of nitrogens with two attached hydrogens (primary N) is 1. The number of rotatable bonds is 4. The third-order valence-corrected chi connectivity index (χ3v) is 4.77. The van der Waals surface area contributed by atoms with E-state index in [0.717, 1.165) is 18.4 Å². The fourth-order valence-corrected chi connectivity index (χ4v) is 3.54. The molecule has 19 heavy (non-hydrogen) atoms. The standard InChI is InChI=1S/C14H20N2O2S/c15-13(11-4-2-1-3-5-11)10-14(17)16-12-6-8-19(18)9-7-12/h1-5,12-13H,6-10,15H2,(H,16,17). The Hall–Kier alpha value is -1.20.